The molecule has 3 heterocycles. The Morgan fingerprint density at radius 1 is 1.31 bits per heavy atom. The Kier molecular flexibility index (Phi) is 5.80. The molecule has 8 heteroatoms. The quantitative estimate of drug-likeness (QED) is 0.859. The van der Waals surface area contributed by atoms with Gasteiger partial charge in [-0.15, -0.1) is 0 Å². The first-order valence-corrected chi connectivity index (χ1v) is 8.57. The van der Waals surface area contributed by atoms with Crippen molar-refractivity contribution in [1.29, 1.82) is 0 Å². The van der Waals surface area contributed by atoms with Crippen LogP contribution < -0.4 is 5.32 Å². The van der Waals surface area contributed by atoms with Crippen molar-refractivity contribution in [3.8, 4) is 0 Å². The van der Waals surface area contributed by atoms with E-state index >= 15 is 0 Å². The summed E-state index contributed by atoms with van der Waals surface area (Å²) in [6.45, 7) is 1.45. The fourth-order valence-electron chi connectivity index (χ4n) is 2.79. The predicted molar refractivity (Wildman–Crippen MR) is 95.7 cm³/mol. The lowest BCUT2D eigenvalue weighted by atomic mass is 10.0. The maximum Gasteiger partial charge on any atom is 0.272 e. The van der Waals surface area contributed by atoms with Crippen LogP contribution in [0, 0.1) is 0 Å². The van der Waals surface area contributed by atoms with Crippen molar-refractivity contribution in [2.75, 3.05) is 20.3 Å². The highest BCUT2D eigenvalue weighted by molar-refractivity contribution is 6.30. The molecule has 7 nitrogen and oxygen atoms in total. The summed E-state index contributed by atoms with van der Waals surface area (Å²) >= 11 is 5.82. The molecule has 0 radical (unpaired) electrons. The number of pyridine rings is 2. The van der Waals surface area contributed by atoms with Gasteiger partial charge in [0, 0.05) is 51.3 Å². The topological polar surface area (TPSA) is 84.4 Å². The third-order valence-corrected chi connectivity index (χ3v) is 4.32. The number of hydrogen-bond acceptors (Lipinski definition) is 5. The van der Waals surface area contributed by atoms with Crippen LogP contribution in [0.25, 0.3) is 0 Å². The number of aromatic nitrogens is 2. The molecule has 1 aliphatic rings. The zero-order valence-electron chi connectivity index (χ0n) is 14.4. The summed E-state index contributed by atoms with van der Waals surface area (Å²) in [4.78, 5) is 34.4. The number of nitrogens with one attached hydrogen (secondary N) is 1. The van der Waals surface area contributed by atoms with Crippen molar-refractivity contribution >= 4 is 23.4 Å². The number of fused-ring (bicyclic) bond motifs is 1. The van der Waals surface area contributed by atoms with Crippen LogP contribution >= 0.6 is 11.6 Å². The van der Waals surface area contributed by atoms with Crippen LogP contribution in [0.1, 0.15) is 27.3 Å². The van der Waals surface area contributed by atoms with Crippen molar-refractivity contribution in [3.63, 3.8) is 0 Å². The van der Waals surface area contributed by atoms with Gasteiger partial charge in [0.15, 0.2) is 0 Å². The van der Waals surface area contributed by atoms with Gasteiger partial charge in [-0.25, -0.2) is 4.98 Å². The summed E-state index contributed by atoms with van der Waals surface area (Å²) < 4.78 is 4.79. The van der Waals surface area contributed by atoms with E-state index in [9.17, 15) is 9.59 Å². The first kappa shape index (κ1) is 18.3. The number of halogens is 1. The van der Waals surface area contributed by atoms with E-state index in [1.165, 1.54) is 13.3 Å². The number of carbonyl (C=O) groups is 2. The van der Waals surface area contributed by atoms with Gasteiger partial charge in [0.2, 0.25) is 5.91 Å². The number of carbonyl (C=O) groups excluding carboxylic acids is 2. The Balaban J connectivity index is 1.68. The van der Waals surface area contributed by atoms with Gasteiger partial charge in [-0.05, 0) is 29.3 Å². The fourth-order valence-corrected chi connectivity index (χ4v) is 2.90. The van der Waals surface area contributed by atoms with Crippen LogP contribution in [0.15, 0.2) is 30.6 Å². The van der Waals surface area contributed by atoms with E-state index in [1.54, 1.807) is 23.2 Å². The molecule has 0 saturated heterocycles. The second-order valence-corrected chi connectivity index (χ2v) is 6.43. The number of amides is 2. The van der Waals surface area contributed by atoms with Crippen LogP contribution in [-0.2, 0) is 29.0 Å². The van der Waals surface area contributed by atoms with Gasteiger partial charge in [-0.3, -0.25) is 14.6 Å². The van der Waals surface area contributed by atoms with Crippen LogP contribution in [0.5, 0.6) is 0 Å². The highest BCUT2D eigenvalue weighted by Crippen LogP contribution is 2.20. The number of ether oxygens (including phenoxy) is 1. The zero-order chi connectivity index (χ0) is 18.5. The first-order valence-electron chi connectivity index (χ1n) is 8.20. The van der Waals surface area contributed by atoms with E-state index in [2.05, 4.69) is 15.3 Å². The summed E-state index contributed by atoms with van der Waals surface area (Å²) in [6.07, 6.45) is 3.91. The van der Waals surface area contributed by atoms with Crippen molar-refractivity contribution in [2.24, 2.45) is 0 Å². The van der Waals surface area contributed by atoms with Gasteiger partial charge in [0.25, 0.3) is 5.91 Å². The second-order valence-electron chi connectivity index (χ2n) is 6.00. The number of hydrogen-bond donors (Lipinski definition) is 1. The molecule has 26 heavy (non-hydrogen) atoms. The third kappa shape index (κ3) is 4.36. The number of methoxy groups -OCH3 is 1. The third-order valence-electron chi connectivity index (χ3n) is 4.10. The monoisotopic (exact) mass is 374 g/mol. The molecule has 1 aliphatic heterocycles. The van der Waals surface area contributed by atoms with Crippen molar-refractivity contribution in [2.45, 2.75) is 19.5 Å². The van der Waals surface area contributed by atoms with Crippen LogP contribution in [0.4, 0.5) is 0 Å². The van der Waals surface area contributed by atoms with Gasteiger partial charge >= 0.3 is 0 Å². The van der Waals surface area contributed by atoms with Crippen LogP contribution in [0.3, 0.4) is 0 Å². The molecule has 0 unspecified atom stereocenters. The lowest BCUT2D eigenvalue weighted by Gasteiger charge is -2.28. The van der Waals surface area contributed by atoms with Gasteiger partial charge in [-0.1, -0.05) is 11.6 Å². The maximum absolute atomic E-state index is 12.6. The fraction of sp³-hybridized carbons (Fsp3) is 0.333. The second kappa shape index (κ2) is 8.25. The highest BCUT2D eigenvalue weighted by Gasteiger charge is 2.23. The average molecular weight is 375 g/mol. The molecule has 2 amide bonds. The average Bonchev–Trinajstić information content (AvgIpc) is 2.66. The minimum Gasteiger partial charge on any atom is -0.375 e. The Labute approximate surface area is 156 Å². The number of rotatable bonds is 5. The van der Waals surface area contributed by atoms with E-state index in [1.807, 2.05) is 6.07 Å². The smallest absolute Gasteiger partial charge is 0.272 e. The highest BCUT2D eigenvalue weighted by atomic mass is 35.5. The Morgan fingerprint density at radius 3 is 2.88 bits per heavy atom. The molecule has 0 saturated carbocycles. The van der Waals surface area contributed by atoms with Gasteiger partial charge in [-0.2, -0.15) is 0 Å². The Hall–Kier alpha value is -2.51. The van der Waals surface area contributed by atoms with E-state index in [0.29, 0.717) is 36.8 Å². The zero-order valence-corrected chi connectivity index (χ0v) is 15.1. The van der Waals surface area contributed by atoms with Crippen molar-refractivity contribution in [1.82, 2.24) is 20.2 Å². The molecule has 2 aromatic heterocycles. The lowest BCUT2D eigenvalue weighted by Crippen LogP contribution is -2.37. The molecule has 0 aliphatic carbocycles. The Morgan fingerprint density at radius 2 is 2.15 bits per heavy atom. The minimum atomic E-state index is -0.184. The molecule has 0 bridgehead atoms. The molecule has 1 N–H and O–H groups in total. The van der Waals surface area contributed by atoms with Crippen molar-refractivity contribution in [3.05, 3.63) is 58.1 Å². The first-order chi connectivity index (χ1) is 12.6. The molecule has 3 rings (SSSR count). The van der Waals surface area contributed by atoms with E-state index in [0.717, 1.165) is 16.8 Å². The Bertz CT molecular complexity index is 811. The van der Waals surface area contributed by atoms with Crippen LogP contribution in [-0.4, -0.2) is 46.9 Å². The number of nitrogens with zero attached hydrogens (tertiary/aromatic N) is 3. The van der Waals surface area contributed by atoms with E-state index in [-0.39, 0.29) is 18.4 Å². The maximum atomic E-state index is 12.6. The standard InChI is InChI=1S/C18H19ClN4O3/c1-26-11-17(24)22-8-12-6-13-10-23(5-4-15(13)20-7-12)18(25)16-3-2-14(19)9-21-16/h2-3,6-7,9H,4-5,8,10-11H2,1H3,(H,22,24). The van der Waals surface area contributed by atoms with Crippen LogP contribution in [0.2, 0.25) is 5.02 Å². The summed E-state index contributed by atoms with van der Waals surface area (Å²) in [5.41, 5.74) is 3.21. The largest absolute Gasteiger partial charge is 0.375 e. The van der Waals surface area contributed by atoms with Gasteiger partial charge in [0.1, 0.15) is 12.3 Å². The van der Waals surface area contributed by atoms with E-state index < -0.39 is 0 Å². The van der Waals surface area contributed by atoms with Gasteiger partial charge in [0.05, 0.1) is 5.02 Å². The van der Waals surface area contributed by atoms with Gasteiger partial charge < -0.3 is 15.0 Å². The molecule has 0 aromatic carbocycles. The molecule has 0 spiro atoms. The molecule has 0 atom stereocenters. The molecule has 136 valence electrons. The lowest BCUT2D eigenvalue weighted by molar-refractivity contribution is -0.124. The molecule has 0 fully saturated rings. The summed E-state index contributed by atoms with van der Waals surface area (Å²) in [5.74, 6) is -0.318. The normalized spacial score (nSPS) is 13.2. The predicted octanol–water partition coefficient (Wildman–Crippen LogP) is 1.59. The molecular weight excluding hydrogens is 356 g/mol. The van der Waals surface area contributed by atoms with E-state index in [4.69, 9.17) is 16.3 Å². The summed E-state index contributed by atoms with van der Waals surface area (Å²) in [6, 6.07) is 5.26. The molecule has 2 aromatic rings. The van der Waals surface area contributed by atoms with Crippen molar-refractivity contribution < 1.29 is 14.3 Å². The summed E-state index contributed by atoms with van der Waals surface area (Å²) in [7, 11) is 1.47. The summed E-state index contributed by atoms with van der Waals surface area (Å²) in [5, 5.41) is 3.26. The molecular formula is C18H19ClN4O3. The minimum absolute atomic E-state index is 0.0226. The SMILES string of the molecule is COCC(=O)NCc1cnc2c(c1)CN(C(=O)c1ccc(Cl)cn1)CC2.